The molecule has 4 heterocycles. The molecule has 1 aromatic carbocycles. The molecule has 0 spiro atoms. The van der Waals surface area contributed by atoms with Gasteiger partial charge in [0.25, 0.3) is 0 Å². The highest BCUT2D eigenvalue weighted by Gasteiger charge is 2.32. The number of aryl methyl sites for hydroxylation is 1. The van der Waals surface area contributed by atoms with Gasteiger partial charge < -0.3 is 14.5 Å². The first-order valence-corrected chi connectivity index (χ1v) is 14.1. The van der Waals surface area contributed by atoms with Crippen LogP contribution in [-0.2, 0) is 21.4 Å². The Morgan fingerprint density at radius 2 is 1.68 bits per heavy atom. The van der Waals surface area contributed by atoms with Crippen LogP contribution in [0.5, 0.6) is 0 Å². The maximum atomic E-state index is 12.4. The van der Waals surface area contributed by atoms with Gasteiger partial charge in [-0.25, -0.2) is 4.79 Å². The molecule has 3 aliphatic rings. The van der Waals surface area contributed by atoms with Crippen LogP contribution in [0, 0.1) is 11.8 Å². The number of carbonyl (C=O) groups excluding carboxylic acids is 3. The van der Waals surface area contributed by atoms with E-state index in [1.54, 1.807) is 0 Å². The van der Waals surface area contributed by atoms with E-state index in [0.717, 1.165) is 61.5 Å². The Bertz CT molecular complexity index is 1200. The van der Waals surface area contributed by atoms with Gasteiger partial charge in [0.15, 0.2) is 0 Å². The molecule has 2 aromatic rings. The van der Waals surface area contributed by atoms with Crippen molar-refractivity contribution in [2.75, 3.05) is 31.1 Å². The van der Waals surface area contributed by atoms with E-state index in [9.17, 15) is 14.4 Å². The molecule has 5 rings (SSSR count). The van der Waals surface area contributed by atoms with Gasteiger partial charge in [0.05, 0.1) is 17.1 Å². The van der Waals surface area contributed by atoms with E-state index in [1.165, 1.54) is 24.9 Å². The third-order valence-corrected chi connectivity index (χ3v) is 8.35. The minimum atomic E-state index is -0.445. The maximum absolute atomic E-state index is 12.4. The monoisotopic (exact) mass is 523 g/mol. The van der Waals surface area contributed by atoms with Gasteiger partial charge in [-0.1, -0.05) is 0 Å². The average Bonchev–Trinajstić information content (AvgIpc) is 3.19. The van der Waals surface area contributed by atoms with Gasteiger partial charge in [-0.3, -0.25) is 19.6 Å². The van der Waals surface area contributed by atoms with Crippen molar-refractivity contribution in [2.45, 2.75) is 77.2 Å². The molecule has 0 bridgehead atoms. The minimum Gasteiger partial charge on any atom is -0.444 e. The fourth-order valence-corrected chi connectivity index (χ4v) is 6.26. The first-order valence-electron chi connectivity index (χ1n) is 14.1. The minimum absolute atomic E-state index is 0.182. The number of ether oxygens (including phenoxy) is 1. The van der Waals surface area contributed by atoms with E-state index in [4.69, 9.17) is 4.74 Å². The Balaban J connectivity index is 1.14. The molecule has 206 valence electrons. The van der Waals surface area contributed by atoms with E-state index in [0.29, 0.717) is 18.8 Å². The van der Waals surface area contributed by atoms with Gasteiger partial charge in [-0.2, -0.15) is 5.10 Å². The van der Waals surface area contributed by atoms with Crippen LogP contribution in [0.1, 0.15) is 77.3 Å². The van der Waals surface area contributed by atoms with E-state index in [2.05, 4.69) is 33.5 Å². The van der Waals surface area contributed by atoms with Crippen molar-refractivity contribution >= 4 is 34.5 Å². The van der Waals surface area contributed by atoms with Crippen molar-refractivity contribution in [3.8, 4) is 0 Å². The topological polar surface area (TPSA) is 96.8 Å². The second-order valence-electron chi connectivity index (χ2n) is 12.3. The van der Waals surface area contributed by atoms with Gasteiger partial charge >= 0.3 is 6.09 Å². The number of hydrogen-bond acceptors (Lipinski definition) is 6. The summed E-state index contributed by atoms with van der Waals surface area (Å²) in [6.07, 6.45) is 6.40. The Morgan fingerprint density at radius 1 is 1.03 bits per heavy atom. The SMILES string of the molecule is Cn1nc(C2CCC(=O)NC2=O)c2ccc(N3CCC(CC4CCN(C(=O)OC(C)(C)C)CC4)CC3)cc21. The number of nitrogens with one attached hydrogen (secondary N) is 1. The van der Waals surface area contributed by atoms with Crippen LogP contribution in [0.15, 0.2) is 18.2 Å². The Morgan fingerprint density at radius 3 is 2.32 bits per heavy atom. The highest BCUT2D eigenvalue weighted by Crippen LogP contribution is 2.35. The van der Waals surface area contributed by atoms with Crippen molar-refractivity contribution in [3.05, 3.63) is 23.9 Å². The number of amides is 3. The second kappa shape index (κ2) is 10.6. The summed E-state index contributed by atoms with van der Waals surface area (Å²) >= 11 is 0. The van der Waals surface area contributed by atoms with Crippen molar-refractivity contribution in [2.24, 2.45) is 18.9 Å². The summed E-state index contributed by atoms with van der Waals surface area (Å²) < 4.78 is 7.39. The molecule has 0 radical (unpaired) electrons. The standard InChI is InChI=1S/C29H41N5O4/c1-29(2,3)38-28(37)34-15-11-20(12-16-34)17-19-9-13-33(14-10-19)21-5-6-22-24(18-21)32(4)31-26(22)23-7-8-25(35)30-27(23)36/h5-6,18-20,23H,7-17H2,1-4H3,(H,30,35,36). The number of piperidine rings is 3. The summed E-state index contributed by atoms with van der Waals surface area (Å²) in [5, 5.41) is 8.12. The molecule has 3 fully saturated rings. The Hall–Kier alpha value is -3.10. The predicted molar refractivity (Wildman–Crippen MR) is 146 cm³/mol. The molecule has 0 aliphatic carbocycles. The van der Waals surface area contributed by atoms with Crippen LogP contribution in [0.2, 0.25) is 0 Å². The summed E-state index contributed by atoms with van der Waals surface area (Å²) in [6.45, 7) is 9.40. The number of benzene rings is 1. The number of carbonyl (C=O) groups is 3. The summed E-state index contributed by atoms with van der Waals surface area (Å²) in [7, 11) is 1.92. The lowest BCUT2D eigenvalue weighted by Gasteiger charge is -2.37. The molecular formula is C29H41N5O4. The second-order valence-corrected chi connectivity index (χ2v) is 12.3. The molecule has 9 nitrogen and oxygen atoms in total. The quantitative estimate of drug-likeness (QED) is 0.599. The van der Waals surface area contributed by atoms with Crippen LogP contribution in [0.3, 0.4) is 0 Å². The van der Waals surface area contributed by atoms with Crippen LogP contribution in [0.25, 0.3) is 10.9 Å². The van der Waals surface area contributed by atoms with Gasteiger partial charge in [-0.05, 0) is 89.3 Å². The molecule has 1 unspecified atom stereocenters. The van der Waals surface area contributed by atoms with Gasteiger partial charge in [0.2, 0.25) is 11.8 Å². The first-order chi connectivity index (χ1) is 18.1. The number of hydrogen-bond donors (Lipinski definition) is 1. The van der Waals surface area contributed by atoms with Gasteiger partial charge in [0.1, 0.15) is 5.60 Å². The molecule has 0 saturated carbocycles. The number of aromatic nitrogens is 2. The normalized spacial score (nSPS) is 22.2. The molecule has 3 aliphatic heterocycles. The number of rotatable bonds is 4. The summed E-state index contributed by atoms with van der Waals surface area (Å²) in [5.41, 5.74) is 2.52. The van der Waals surface area contributed by atoms with Gasteiger partial charge in [-0.15, -0.1) is 0 Å². The smallest absolute Gasteiger partial charge is 0.410 e. The number of nitrogens with zero attached hydrogens (tertiary/aromatic N) is 4. The molecule has 1 aromatic heterocycles. The van der Waals surface area contributed by atoms with Crippen LogP contribution in [-0.4, -0.2) is 64.4 Å². The van der Waals surface area contributed by atoms with Crippen molar-refractivity contribution in [3.63, 3.8) is 0 Å². The summed E-state index contributed by atoms with van der Waals surface area (Å²) in [6, 6.07) is 6.41. The molecule has 3 saturated heterocycles. The van der Waals surface area contributed by atoms with Crippen molar-refractivity contribution < 1.29 is 19.1 Å². The van der Waals surface area contributed by atoms with E-state index in [1.807, 2.05) is 37.4 Å². The summed E-state index contributed by atoms with van der Waals surface area (Å²) in [5.74, 6) is 0.575. The highest BCUT2D eigenvalue weighted by molar-refractivity contribution is 6.02. The third kappa shape index (κ3) is 5.81. The number of likely N-dealkylation sites (tertiary alicyclic amines) is 1. The average molecular weight is 524 g/mol. The fraction of sp³-hybridized carbons (Fsp3) is 0.655. The molecular weight excluding hydrogens is 482 g/mol. The molecule has 38 heavy (non-hydrogen) atoms. The lowest BCUT2D eigenvalue weighted by Crippen LogP contribution is -2.42. The Kier molecular flexibility index (Phi) is 7.38. The largest absolute Gasteiger partial charge is 0.444 e. The molecule has 1 N–H and O–H groups in total. The lowest BCUT2D eigenvalue weighted by atomic mass is 9.83. The maximum Gasteiger partial charge on any atom is 0.410 e. The number of anilines is 1. The summed E-state index contributed by atoms with van der Waals surface area (Å²) in [4.78, 5) is 40.7. The molecule has 3 amide bonds. The fourth-order valence-electron chi connectivity index (χ4n) is 6.26. The zero-order chi connectivity index (χ0) is 27.0. The third-order valence-electron chi connectivity index (χ3n) is 8.35. The van der Waals surface area contributed by atoms with E-state index >= 15 is 0 Å². The zero-order valence-corrected chi connectivity index (χ0v) is 23.2. The molecule has 1 atom stereocenters. The van der Waals surface area contributed by atoms with Crippen molar-refractivity contribution in [1.82, 2.24) is 20.0 Å². The highest BCUT2D eigenvalue weighted by atomic mass is 16.6. The van der Waals surface area contributed by atoms with E-state index in [-0.39, 0.29) is 23.8 Å². The zero-order valence-electron chi connectivity index (χ0n) is 23.2. The van der Waals surface area contributed by atoms with Crippen molar-refractivity contribution in [1.29, 1.82) is 0 Å². The first kappa shape index (κ1) is 26.5. The van der Waals surface area contributed by atoms with Crippen LogP contribution < -0.4 is 10.2 Å². The molecule has 9 heteroatoms. The van der Waals surface area contributed by atoms with Gasteiger partial charge in [0, 0.05) is 50.7 Å². The number of fused-ring (bicyclic) bond motifs is 1. The number of imide groups is 1. The van der Waals surface area contributed by atoms with E-state index < -0.39 is 5.60 Å². The predicted octanol–water partition coefficient (Wildman–Crippen LogP) is 4.35. The Labute approximate surface area is 224 Å². The van der Waals surface area contributed by atoms with Crippen LogP contribution in [0.4, 0.5) is 10.5 Å². The lowest BCUT2D eigenvalue weighted by molar-refractivity contribution is -0.134. The van der Waals surface area contributed by atoms with Crippen LogP contribution >= 0.6 is 0 Å².